The van der Waals surface area contributed by atoms with Gasteiger partial charge < -0.3 is 0 Å². The summed E-state index contributed by atoms with van der Waals surface area (Å²) in [5.41, 5.74) is 0. The molecule has 0 fully saturated rings. The monoisotopic (exact) mass is 196 g/mol. The fourth-order valence-electron chi connectivity index (χ4n) is 0.780. The van der Waals surface area contributed by atoms with Gasteiger partial charge in [0.1, 0.15) is 0 Å². The molecule has 0 aliphatic heterocycles. The van der Waals surface area contributed by atoms with Gasteiger partial charge in [0.2, 0.25) is 0 Å². The summed E-state index contributed by atoms with van der Waals surface area (Å²) in [5.74, 6) is 0. The Morgan fingerprint density at radius 1 is 0.700 bits per heavy atom. The molecule has 0 rings (SSSR count). The molecule has 0 aromatic rings. The summed E-state index contributed by atoms with van der Waals surface area (Å²) in [4.78, 5) is 0. The fraction of sp³-hybridized carbons (Fsp3) is 1.00. The van der Waals surface area contributed by atoms with Crippen molar-refractivity contribution in [2.45, 2.75) is 37.8 Å². The Labute approximate surface area is 75.6 Å². The first kappa shape index (κ1) is 10.9. The molecule has 0 heterocycles. The predicted molar refractivity (Wildman–Crippen MR) is 51.1 cm³/mol. The first-order valence-electron chi connectivity index (χ1n) is 3.71. The number of rotatable bonds is 7. The van der Waals surface area contributed by atoms with Gasteiger partial charge in [-0.15, -0.1) is 0 Å². The van der Waals surface area contributed by atoms with Crippen LogP contribution in [0, 0.1) is 0 Å². The quantitative estimate of drug-likeness (QED) is 0.420. The van der Waals surface area contributed by atoms with Crippen molar-refractivity contribution in [3.8, 4) is 0 Å². The summed E-state index contributed by atoms with van der Waals surface area (Å²) < 4.78 is 0. The minimum atomic E-state index is 0.968. The second-order valence-electron chi connectivity index (χ2n) is 2.27. The summed E-state index contributed by atoms with van der Waals surface area (Å²) >= 11 is 0. The Morgan fingerprint density at radius 2 is 1.10 bits per heavy atom. The van der Waals surface area contributed by atoms with Crippen LogP contribution in [0.25, 0.3) is 0 Å². The van der Waals surface area contributed by atoms with E-state index in [1.54, 1.807) is 0 Å². The van der Waals surface area contributed by atoms with Gasteiger partial charge in [-0.05, 0) is 0 Å². The average Bonchev–Trinajstić information content (AvgIpc) is 1.97. The smallest absolute Gasteiger partial charge is 0.0180 e. The lowest BCUT2D eigenvalue weighted by Gasteiger charge is -1.97. The second kappa shape index (κ2) is 9.87. The zero-order chi connectivity index (χ0) is 7.66. The highest BCUT2D eigenvalue weighted by Crippen LogP contribution is 2.04. The van der Waals surface area contributed by atoms with Crippen molar-refractivity contribution >= 4 is 37.6 Å². The zero-order valence-corrected chi connectivity index (χ0v) is 10.2. The molecule has 0 atom stereocenters. The first-order valence-corrected chi connectivity index (χ1v) is 9.12. The van der Waals surface area contributed by atoms with Crippen molar-refractivity contribution in [1.29, 1.82) is 0 Å². The second-order valence-corrected chi connectivity index (χ2v) is 6.10. The van der Waals surface area contributed by atoms with Crippen LogP contribution in [0.15, 0.2) is 0 Å². The van der Waals surface area contributed by atoms with E-state index in [4.69, 9.17) is 0 Å². The standard InChI is InChI=1S/C6H12Si4/c7-9-5-3-1-2-4-6-10-8/h1-6H2. The van der Waals surface area contributed by atoms with E-state index in [-0.39, 0.29) is 0 Å². The van der Waals surface area contributed by atoms with E-state index in [0.717, 1.165) is 18.1 Å². The van der Waals surface area contributed by atoms with Crippen LogP contribution in [0.3, 0.4) is 0 Å². The maximum atomic E-state index is 3.50. The van der Waals surface area contributed by atoms with Crippen molar-refractivity contribution < 1.29 is 0 Å². The molecule has 0 unspecified atom stereocenters. The zero-order valence-electron chi connectivity index (χ0n) is 6.24. The van der Waals surface area contributed by atoms with E-state index in [0.29, 0.717) is 0 Å². The van der Waals surface area contributed by atoms with Crippen LogP contribution in [-0.4, -0.2) is 37.6 Å². The molecule has 52 valence electrons. The third kappa shape index (κ3) is 8.87. The highest BCUT2D eigenvalue weighted by molar-refractivity contribution is 6.89. The summed E-state index contributed by atoms with van der Waals surface area (Å²) in [6.45, 7) is 0. The molecule has 0 saturated carbocycles. The van der Waals surface area contributed by atoms with Crippen molar-refractivity contribution in [2.75, 3.05) is 0 Å². The van der Waals surface area contributed by atoms with Crippen LogP contribution in [0.1, 0.15) is 25.7 Å². The normalized spacial score (nSPS) is 10.2. The molecule has 0 aromatic heterocycles. The summed E-state index contributed by atoms with van der Waals surface area (Å²) in [5, 5.41) is 0. The highest BCUT2D eigenvalue weighted by Gasteiger charge is 1.88. The van der Waals surface area contributed by atoms with Gasteiger partial charge in [-0.2, -0.15) is 0 Å². The Hall–Kier alpha value is 0.868. The summed E-state index contributed by atoms with van der Waals surface area (Å²) in [6.07, 6.45) is 5.67. The van der Waals surface area contributed by atoms with Gasteiger partial charge >= 0.3 is 0 Å². The number of hydrogen-bond acceptors (Lipinski definition) is 0. The largest absolute Gasteiger partial charge is 0.0640 e. The van der Waals surface area contributed by atoms with E-state index >= 15 is 0 Å². The van der Waals surface area contributed by atoms with Gasteiger partial charge in [0.25, 0.3) is 0 Å². The molecule has 0 N–H and O–H groups in total. The number of hydrogen-bond donors (Lipinski definition) is 0. The van der Waals surface area contributed by atoms with Crippen LogP contribution in [0.4, 0.5) is 0 Å². The average molecular weight is 197 g/mol. The summed E-state index contributed by atoms with van der Waals surface area (Å²) in [7, 11) is 8.93. The maximum absolute atomic E-state index is 3.50. The molecular formula is C6H12Si4. The van der Waals surface area contributed by atoms with E-state index in [1.807, 2.05) is 0 Å². The molecule has 0 saturated heterocycles. The van der Waals surface area contributed by atoms with Crippen molar-refractivity contribution in [3.63, 3.8) is 0 Å². The maximum Gasteiger partial charge on any atom is 0.0180 e. The van der Waals surface area contributed by atoms with Crippen molar-refractivity contribution in [3.05, 3.63) is 0 Å². The minimum Gasteiger partial charge on any atom is -0.0640 e. The molecule has 0 aromatic carbocycles. The van der Waals surface area contributed by atoms with E-state index in [9.17, 15) is 0 Å². The molecule has 0 aliphatic rings. The number of unbranched alkanes of at least 4 members (excludes halogenated alkanes) is 3. The Morgan fingerprint density at radius 3 is 1.40 bits per heavy atom. The fourth-order valence-corrected chi connectivity index (χ4v) is 2.69. The lowest BCUT2D eigenvalue weighted by molar-refractivity contribution is 0.700. The third-order valence-electron chi connectivity index (χ3n) is 1.35. The van der Waals surface area contributed by atoms with Crippen LogP contribution >= 0.6 is 0 Å². The van der Waals surface area contributed by atoms with Crippen LogP contribution in [0.5, 0.6) is 0 Å². The molecule has 0 nitrogen and oxygen atoms in total. The van der Waals surface area contributed by atoms with Gasteiger partial charge in [0, 0.05) is 37.6 Å². The predicted octanol–water partition coefficient (Wildman–Crippen LogP) is 0.959. The molecule has 0 bridgehead atoms. The minimum absolute atomic E-state index is 0.968. The molecule has 0 amide bonds. The lowest BCUT2D eigenvalue weighted by Crippen LogP contribution is -1.89. The summed E-state index contributed by atoms with van der Waals surface area (Å²) in [6, 6.07) is 2.74. The van der Waals surface area contributed by atoms with Crippen LogP contribution in [0.2, 0.25) is 12.1 Å². The topological polar surface area (TPSA) is 0 Å². The van der Waals surface area contributed by atoms with Crippen LogP contribution < -0.4 is 0 Å². The Bertz CT molecular complexity index is 49.7. The Kier molecular flexibility index (Phi) is 10.7. The van der Waals surface area contributed by atoms with E-state index in [2.05, 4.69) is 19.5 Å². The third-order valence-corrected chi connectivity index (χ3v) is 4.06. The lowest BCUT2D eigenvalue weighted by atomic mass is 10.2. The van der Waals surface area contributed by atoms with Gasteiger partial charge in [-0.3, -0.25) is 0 Å². The van der Waals surface area contributed by atoms with Gasteiger partial charge in [-0.25, -0.2) is 0 Å². The van der Waals surface area contributed by atoms with Crippen LogP contribution in [-0.2, 0) is 0 Å². The first-order chi connectivity index (χ1) is 4.91. The van der Waals surface area contributed by atoms with Crippen molar-refractivity contribution in [2.24, 2.45) is 0 Å². The molecular weight excluding hydrogens is 184 g/mol. The SMILES string of the molecule is [Si][Si]CCCCCC[Si][Si]. The molecule has 0 spiro atoms. The van der Waals surface area contributed by atoms with Crippen molar-refractivity contribution in [1.82, 2.24) is 0 Å². The molecule has 10 radical (unpaired) electrons. The van der Waals surface area contributed by atoms with Gasteiger partial charge in [-0.1, -0.05) is 37.8 Å². The van der Waals surface area contributed by atoms with Gasteiger partial charge in [0.05, 0.1) is 0 Å². The molecule has 4 heteroatoms. The van der Waals surface area contributed by atoms with Gasteiger partial charge in [0.15, 0.2) is 0 Å². The molecule has 10 heavy (non-hydrogen) atoms. The van der Waals surface area contributed by atoms with E-state index in [1.165, 1.54) is 37.8 Å². The molecule has 0 aliphatic carbocycles. The highest BCUT2D eigenvalue weighted by atomic mass is 29.1. The Balaban J connectivity index is 2.65. The van der Waals surface area contributed by atoms with E-state index < -0.39 is 0 Å².